The van der Waals surface area contributed by atoms with Gasteiger partial charge >= 0.3 is 0 Å². The molecular weight excluding hydrogens is 228 g/mol. The van der Waals surface area contributed by atoms with E-state index in [4.69, 9.17) is 10.5 Å². The fourth-order valence-electron chi connectivity index (χ4n) is 1.45. The minimum Gasteiger partial charge on any atom is -0.439 e. The number of aromatic nitrogens is 1. The standard InChI is InChI=1S/C14H13N2O2/c1-2-10-6-8-11(9-7-10)18-13-5-3-4-12(16-13)14(15)17/h3-9H,1-2H2,(H2,15,17). The van der Waals surface area contributed by atoms with Gasteiger partial charge in [0.1, 0.15) is 11.4 Å². The molecular formula is C14H13N2O2. The summed E-state index contributed by atoms with van der Waals surface area (Å²) in [4.78, 5) is 15.0. The number of nitrogens with zero attached hydrogens (tertiary/aromatic N) is 1. The first kappa shape index (κ1) is 12.1. The number of ether oxygens (including phenoxy) is 1. The van der Waals surface area contributed by atoms with Gasteiger partial charge in [-0.25, -0.2) is 4.98 Å². The fraction of sp³-hybridized carbons (Fsp3) is 0.0714. The molecule has 2 N–H and O–H groups in total. The lowest BCUT2D eigenvalue weighted by Crippen LogP contribution is -2.12. The Bertz CT molecular complexity index is 550. The Morgan fingerprint density at radius 3 is 2.56 bits per heavy atom. The molecule has 18 heavy (non-hydrogen) atoms. The predicted octanol–water partition coefficient (Wildman–Crippen LogP) is 2.35. The second-order valence-electron chi connectivity index (χ2n) is 3.72. The third kappa shape index (κ3) is 2.85. The summed E-state index contributed by atoms with van der Waals surface area (Å²) in [5.74, 6) is 0.419. The van der Waals surface area contributed by atoms with Crippen molar-refractivity contribution in [3.8, 4) is 11.6 Å². The summed E-state index contributed by atoms with van der Waals surface area (Å²) < 4.78 is 5.53. The van der Waals surface area contributed by atoms with Gasteiger partial charge in [0.15, 0.2) is 0 Å². The number of benzene rings is 1. The number of hydrogen-bond acceptors (Lipinski definition) is 3. The number of pyridine rings is 1. The zero-order valence-electron chi connectivity index (χ0n) is 9.80. The molecule has 0 saturated heterocycles. The second-order valence-corrected chi connectivity index (χ2v) is 3.72. The first-order chi connectivity index (χ1) is 8.69. The molecule has 0 unspecified atom stereocenters. The Morgan fingerprint density at radius 2 is 1.94 bits per heavy atom. The van der Waals surface area contributed by atoms with Gasteiger partial charge in [0.2, 0.25) is 5.88 Å². The van der Waals surface area contributed by atoms with Crippen LogP contribution in [0.15, 0.2) is 42.5 Å². The van der Waals surface area contributed by atoms with E-state index in [9.17, 15) is 4.79 Å². The SMILES string of the molecule is [CH2]Cc1ccc(Oc2cccc(C(N)=O)n2)cc1. The van der Waals surface area contributed by atoms with Crippen LogP contribution in [0.5, 0.6) is 11.6 Å². The van der Waals surface area contributed by atoms with Gasteiger partial charge in [0.25, 0.3) is 5.91 Å². The smallest absolute Gasteiger partial charge is 0.267 e. The zero-order valence-corrected chi connectivity index (χ0v) is 9.80. The van der Waals surface area contributed by atoms with E-state index in [0.717, 1.165) is 12.0 Å². The molecule has 0 aliphatic heterocycles. The number of amides is 1. The van der Waals surface area contributed by atoms with Gasteiger partial charge in [-0.1, -0.05) is 18.2 Å². The van der Waals surface area contributed by atoms with Crippen molar-refractivity contribution < 1.29 is 9.53 Å². The minimum absolute atomic E-state index is 0.182. The van der Waals surface area contributed by atoms with E-state index in [0.29, 0.717) is 11.6 Å². The van der Waals surface area contributed by atoms with Gasteiger partial charge in [-0.15, -0.1) is 0 Å². The molecule has 4 nitrogen and oxygen atoms in total. The van der Waals surface area contributed by atoms with Gasteiger partial charge in [-0.05, 0) is 37.1 Å². The van der Waals surface area contributed by atoms with Crippen molar-refractivity contribution in [2.45, 2.75) is 6.42 Å². The van der Waals surface area contributed by atoms with Crippen molar-refractivity contribution in [1.82, 2.24) is 4.98 Å². The normalized spacial score (nSPS) is 10.1. The van der Waals surface area contributed by atoms with Crippen LogP contribution in [0.2, 0.25) is 0 Å². The highest BCUT2D eigenvalue weighted by Crippen LogP contribution is 2.20. The fourth-order valence-corrected chi connectivity index (χ4v) is 1.45. The van der Waals surface area contributed by atoms with Crippen molar-refractivity contribution in [1.29, 1.82) is 0 Å². The number of rotatable bonds is 4. The van der Waals surface area contributed by atoms with Crippen molar-refractivity contribution >= 4 is 5.91 Å². The topological polar surface area (TPSA) is 65.2 Å². The molecule has 4 heteroatoms. The lowest BCUT2D eigenvalue weighted by atomic mass is 10.2. The number of nitrogens with two attached hydrogens (primary N) is 1. The molecule has 0 atom stereocenters. The van der Waals surface area contributed by atoms with E-state index in [-0.39, 0.29) is 5.69 Å². The Kier molecular flexibility index (Phi) is 3.57. The van der Waals surface area contributed by atoms with E-state index in [1.54, 1.807) is 18.2 Å². The molecule has 0 aliphatic rings. The largest absolute Gasteiger partial charge is 0.439 e. The third-order valence-corrected chi connectivity index (χ3v) is 2.41. The highest BCUT2D eigenvalue weighted by atomic mass is 16.5. The summed E-state index contributed by atoms with van der Waals surface area (Å²) >= 11 is 0. The van der Waals surface area contributed by atoms with Crippen molar-refractivity contribution in [3.05, 3.63) is 60.6 Å². The van der Waals surface area contributed by atoms with Crippen molar-refractivity contribution in [2.24, 2.45) is 5.73 Å². The van der Waals surface area contributed by atoms with Crippen LogP contribution < -0.4 is 10.5 Å². The van der Waals surface area contributed by atoms with Crippen molar-refractivity contribution in [2.75, 3.05) is 0 Å². The minimum atomic E-state index is -0.576. The summed E-state index contributed by atoms with van der Waals surface area (Å²) in [5.41, 5.74) is 6.46. The lowest BCUT2D eigenvalue weighted by molar-refractivity contribution is 0.0995. The Hall–Kier alpha value is -2.36. The zero-order chi connectivity index (χ0) is 13.0. The molecule has 0 spiro atoms. The Labute approximate surface area is 105 Å². The van der Waals surface area contributed by atoms with E-state index in [1.165, 1.54) is 0 Å². The summed E-state index contributed by atoms with van der Waals surface area (Å²) in [6, 6.07) is 12.4. The molecule has 0 saturated carbocycles. The van der Waals surface area contributed by atoms with E-state index in [1.807, 2.05) is 24.3 Å². The molecule has 1 aromatic heterocycles. The third-order valence-electron chi connectivity index (χ3n) is 2.41. The number of hydrogen-bond donors (Lipinski definition) is 1. The summed E-state index contributed by atoms with van der Waals surface area (Å²) in [6.45, 7) is 3.80. The van der Waals surface area contributed by atoms with Gasteiger partial charge in [0, 0.05) is 6.07 Å². The lowest BCUT2D eigenvalue weighted by Gasteiger charge is -2.06. The maximum atomic E-state index is 11.0. The highest BCUT2D eigenvalue weighted by Gasteiger charge is 2.04. The van der Waals surface area contributed by atoms with Crippen LogP contribution in [0.4, 0.5) is 0 Å². The van der Waals surface area contributed by atoms with Crippen LogP contribution in [0.25, 0.3) is 0 Å². The van der Waals surface area contributed by atoms with Gasteiger partial charge in [-0.3, -0.25) is 4.79 Å². The van der Waals surface area contributed by atoms with Gasteiger partial charge < -0.3 is 10.5 Å². The molecule has 91 valence electrons. The van der Waals surface area contributed by atoms with Gasteiger partial charge in [-0.2, -0.15) is 0 Å². The first-order valence-corrected chi connectivity index (χ1v) is 5.52. The molecule has 2 aromatic rings. The van der Waals surface area contributed by atoms with E-state index >= 15 is 0 Å². The molecule has 1 heterocycles. The molecule has 2 rings (SSSR count). The van der Waals surface area contributed by atoms with Crippen LogP contribution >= 0.6 is 0 Å². The summed E-state index contributed by atoms with van der Waals surface area (Å²) in [6.07, 6.45) is 0.732. The quantitative estimate of drug-likeness (QED) is 0.893. The molecule has 1 aromatic carbocycles. The molecule has 1 amide bonds. The molecule has 0 bridgehead atoms. The van der Waals surface area contributed by atoms with E-state index < -0.39 is 5.91 Å². The number of primary amides is 1. The molecule has 0 aliphatic carbocycles. The van der Waals surface area contributed by atoms with Crippen LogP contribution in [0.1, 0.15) is 16.1 Å². The number of carbonyl (C=O) groups is 1. The number of carbonyl (C=O) groups excluding carboxylic acids is 1. The van der Waals surface area contributed by atoms with Crippen LogP contribution in [-0.4, -0.2) is 10.9 Å². The maximum Gasteiger partial charge on any atom is 0.267 e. The van der Waals surface area contributed by atoms with Crippen LogP contribution in [0, 0.1) is 6.92 Å². The average molecular weight is 241 g/mol. The predicted molar refractivity (Wildman–Crippen MR) is 68.3 cm³/mol. The Morgan fingerprint density at radius 1 is 1.22 bits per heavy atom. The Balaban J connectivity index is 2.17. The molecule has 1 radical (unpaired) electrons. The monoisotopic (exact) mass is 241 g/mol. The second kappa shape index (κ2) is 5.31. The molecule has 0 fully saturated rings. The van der Waals surface area contributed by atoms with Gasteiger partial charge in [0.05, 0.1) is 0 Å². The first-order valence-electron chi connectivity index (χ1n) is 5.52. The summed E-state index contributed by atoms with van der Waals surface area (Å²) in [5, 5.41) is 0. The van der Waals surface area contributed by atoms with Crippen LogP contribution in [-0.2, 0) is 6.42 Å². The van der Waals surface area contributed by atoms with Crippen molar-refractivity contribution in [3.63, 3.8) is 0 Å². The van der Waals surface area contributed by atoms with Crippen LogP contribution in [0.3, 0.4) is 0 Å². The maximum absolute atomic E-state index is 11.0. The summed E-state index contributed by atoms with van der Waals surface area (Å²) in [7, 11) is 0. The average Bonchev–Trinajstić information content (AvgIpc) is 2.40. The highest BCUT2D eigenvalue weighted by molar-refractivity contribution is 5.90. The van der Waals surface area contributed by atoms with E-state index in [2.05, 4.69) is 11.9 Å².